The summed E-state index contributed by atoms with van der Waals surface area (Å²) >= 11 is 0. The van der Waals surface area contributed by atoms with E-state index < -0.39 is 0 Å². The van der Waals surface area contributed by atoms with E-state index >= 15 is 0 Å². The summed E-state index contributed by atoms with van der Waals surface area (Å²) in [5, 5.41) is 0. The summed E-state index contributed by atoms with van der Waals surface area (Å²) in [5.41, 5.74) is 11.2. The first kappa shape index (κ1) is 14.0. The van der Waals surface area contributed by atoms with Gasteiger partial charge in [0.2, 0.25) is 0 Å². The predicted octanol–water partition coefficient (Wildman–Crippen LogP) is 3.51. The van der Waals surface area contributed by atoms with Crippen LogP contribution in [0.15, 0.2) is 36.4 Å². The number of hydrogen-bond donors (Lipinski definition) is 1. The zero-order chi connectivity index (χ0) is 14.8. The van der Waals surface area contributed by atoms with Gasteiger partial charge in [-0.3, -0.25) is 0 Å². The summed E-state index contributed by atoms with van der Waals surface area (Å²) in [6.45, 7) is 5.60. The fourth-order valence-electron chi connectivity index (χ4n) is 2.86. The summed E-state index contributed by atoms with van der Waals surface area (Å²) in [6.07, 6.45) is 0.910. The van der Waals surface area contributed by atoms with Crippen molar-refractivity contribution in [3.63, 3.8) is 0 Å². The van der Waals surface area contributed by atoms with E-state index in [1.54, 1.807) is 0 Å². The van der Waals surface area contributed by atoms with E-state index in [1.165, 1.54) is 16.7 Å². The van der Waals surface area contributed by atoms with Crippen LogP contribution in [0, 0.1) is 13.8 Å². The summed E-state index contributed by atoms with van der Waals surface area (Å²) in [4.78, 5) is 0. The van der Waals surface area contributed by atoms with Crippen molar-refractivity contribution in [2.24, 2.45) is 5.73 Å². The lowest BCUT2D eigenvalue weighted by Gasteiger charge is -2.19. The van der Waals surface area contributed by atoms with Crippen LogP contribution in [0.2, 0.25) is 0 Å². The highest BCUT2D eigenvalue weighted by atomic mass is 16.5. The van der Waals surface area contributed by atoms with Crippen LogP contribution < -0.4 is 15.2 Å². The Morgan fingerprint density at radius 2 is 1.62 bits per heavy atom. The Morgan fingerprint density at radius 1 is 0.952 bits per heavy atom. The van der Waals surface area contributed by atoms with Gasteiger partial charge in [-0.2, -0.15) is 0 Å². The van der Waals surface area contributed by atoms with Gasteiger partial charge >= 0.3 is 0 Å². The van der Waals surface area contributed by atoms with Crippen molar-refractivity contribution in [3.8, 4) is 11.5 Å². The summed E-state index contributed by atoms with van der Waals surface area (Å²) in [5.74, 6) is 1.61. The number of hydrogen-bond acceptors (Lipinski definition) is 3. The first-order chi connectivity index (χ1) is 10.2. The number of benzene rings is 2. The highest BCUT2D eigenvalue weighted by molar-refractivity contribution is 5.48. The van der Waals surface area contributed by atoms with Crippen LogP contribution in [-0.2, 0) is 0 Å². The molecule has 2 N–H and O–H groups in total. The Kier molecular flexibility index (Phi) is 3.84. The number of rotatable bonds is 2. The van der Waals surface area contributed by atoms with Gasteiger partial charge in [-0.25, -0.2) is 0 Å². The van der Waals surface area contributed by atoms with E-state index in [1.807, 2.05) is 18.2 Å². The first-order valence-electron chi connectivity index (χ1n) is 7.38. The largest absolute Gasteiger partial charge is 0.490 e. The fraction of sp³-hybridized carbons (Fsp3) is 0.333. The van der Waals surface area contributed by atoms with Gasteiger partial charge in [0, 0.05) is 6.42 Å². The molecule has 0 aliphatic carbocycles. The van der Waals surface area contributed by atoms with Gasteiger partial charge in [-0.05, 0) is 48.2 Å². The van der Waals surface area contributed by atoms with Crippen LogP contribution in [0.25, 0.3) is 0 Å². The molecule has 1 unspecified atom stereocenters. The molecule has 21 heavy (non-hydrogen) atoms. The normalized spacial score (nSPS) is 15.4. The first-order valence-corrected chi connectivity index (χ1v) is 7.38. The molecule has 0 radical (unpaired) electrons. The second-order valence-corrected chi connectivity index (χ2v) is 5.54. The van der Waals surface area contributed by atoms with Crippen LogP contribution in [-0.4, -0.2) is 13.2 Å². The zero-order valence-corrected chi connectivity index (χ0v) is 12.6. The van der Waals surface area contributed by atoms with E-state index in [0.717, 1.165) is 23.5 Å². The van der Waals surface area contributed by atoms with E-state index in [4.69, 9.17) is 15.2 Å². The topological polar surface area (TPSA) is 44.5 Å². The van der Waals surface area contributed by atoms with Gasteiger partial charge in [0.25, 0.3) is 0 Å². The molecule has 1 atom stereocenters. The Labute approximate surface area is 125 Å². The Morgan fingerprint density at radius 3 is 2.33 bits per heavy atom. The molecule has 1 aliphatic heterocycles. The standard InChI is InChI=1S/C18H21NO2/c1-12-5-3-6-13(2)17(12)18(19)14-7-8-15-16(11-14)21-10-4-9-20-15/h3,5-8,11,18H,4,9-10,19H2,1-2H3. The van der Waals surface area contributed by atoms with E-state index in [2.05, 4.69) is 32.0 Å². The fourth-order valence-corrected chi connectivity index (χ4v) is 2.86. The summed E-state index contributed by atoms with van der Waals surface area (Å²) in [7, 11) is 0. The summed E-state index contributed by atoms with van der Waals surface area (Å²) < 4.78 is 11.4. The number of ether oxygens (including phenoxy) is 2. The molecular formula is C18H21NO2. The monoisotopic (exact) mass is 283 g/mol. The molecular weight excluding hydrogens is 262 g/mol. The minimum atomic E-state index is -0.150. The molecule has 0 spiro atoms. The molecule has 3 nitrogen and oxygen atoms in total. The average Bonchev–Trinajstić information content (AvgIpc) is 2.71. The third-order valence-corrected chi connectivity index (χ3v) is 3.98. The molecule has 0 amide bonds. The third kappa shape index (κ3) is 2.74. The van der Waals surface area contributed by atoms with Crippen LogP contribution in [0.5, 0.6) is 11.5 Å². The molecule has 1 heterocycles. The van der Waals surface area contributed by atoms with Crippen molar-refractivity contribution in [3.05, 3.63) is 58.7 Å². The van der Waals surface area contributed by atoms with Crippen molar-refractivity contribution in [1.29, 1.82) is 0 Å². The van der Waals surface area contributed by atoms with Gasteiger partial charge in [0.05, 0.1) is 19.3 Å². The minimum absolute atomic E-state index is 0.150. The average molecular weight is 283 g/mol. The van der Waals surface area contributed by atoms with Crippen LogP contribution in [0.4, 0.5) is 0 Å². The highest BCUT2D eigenvalue weighted by Gasteiger charge is 2.17. The molecule has 3 rings (SSSR count). The van der Waals surface area contributed by atoms with Gasteiger partial charge < -0.3 is 15.2 Å². The van der Waals surface area contributed by atoms with Crippen molar-refractivity contribution in [1.82, 2.24) is 0 Å². The SMILES string of the molecule is Cc1cccc(C)c1C(N)c1ccc2c(c1)OCCCO2. The number of aryl methyl sites for hydroxylation is 2. The zero-order valence-electron chi connectivity index (χ0n) is 12.6. The molecule has 0 saturated carbocycles. The van der Waals surface area contributed by atoms with Gasteiger partial charge in [-0.1, -0.05) is 24.3 Å². The van der Waals surface area contributed by atoms with Gasteiger partial charge in [0.1, 0.15) is 0 Å². The third-order valence-electron chi connectivity index (χ3n) is 3.98. The van der Waals surface area contributed by atoms with Crippen molar-refractivity contribution in [2.75, 3.05) is 13.2 Å². The van der Waals surface area contributed by atoms with Gasteiger partial charge in [0.15, 0.2) is 11.5 Å². The molecule has 0 aromatic heterocycles. The molecule has 0 saturated heterocycles. The maximum Gasteiger partial charge on any atom is 0.161 e. The minimum Gasteiger partial charge on any atom is -0.490 e. The maximum absolute atomic E-state index is 6.49. The Hall–Kier alpha value is -2.00. The van der Waals surface area contributed by atoms with E-state index in [0.29, 0.717) is 13.2 Å². The second-order valence-electron chi connectivity index (χ2n) is 5.54. The Balaban J connectivity index is 1.98. The molecule has 2 aromatic carbocycles. The molecule has 110 valence electrons. The van der Waals surface area contributed by atoms with E-state index in [9.17, 15) is 0 Å². The van der Waals surface area contributed by atoms with Crippen molar-refractivity contribution in [2.45, 2.75) is 26.3 Å². The summed E-state index contributed by atoms with van der Waals surface area (Å²) in [6, 6.07) is 12.1. The van der Waals surface area contributed by atoms with Crippen LogP contribution >= 0.6 is 0 Å². The Bertz CT molecular complexity index is 631. The molecule has 0 bridgehead atoms. The lowest BCUT2D eigenvalue weighted by Crippen LogP contribution is -2.15. The van der Waals surface area contributed by atoms with Crippen molar-refractivity contribution < 1.29 is 9.47 Å². The predicted molar refractivity (Wildman–Crippen MR) is 84.0 cm³/mol. The van der Waals surface area contributed by atoms with Crippen LogP contribution in [0.1, 0.15) is 34.7 Å². The second kappa shape index (κ2) is 5.78. The smallest absolute Gasteiger partial charge is 0.161 e. The number of fused-ring (bicyclic) bond motifs is 1. The molecule has 2 aromatic rings. The van der Waals surface area contributed by atoms with Gasteiger partial charge in [-0.15, -0.1) is 0 Å². The quantitative estimate of drug-likeness (QED) is 0.917. The lowest BCUT2D eigenvalue weighted by molar-refractivity contribution is 0.297. The van der Waals surface area contributed by atoms with Crippen LogP contribution in [0.3, 0.4) is 0 Å². The van der Waals surface area contributed by atoms with Crippen molar-refractivity contribution >= 4 is 0 Å². The lowest BCUT2D eigenvalue weighted by atomic mass is 9.92. The number of nitrogens with two attached hydrogens (primary N) is 1. The maximum atomic E-state index is 6.49. The molecule has 1 aliphatic rings. The molecule has 0 fully saturated rings. The molecule has 3 heteroatoms. The van der Waals surface area contributed by atoms with E-state index in [-0.39, 0.29) is 6.04 Å². The highest BCUT2D eigenvalue weighted by Crippen LogP contribution is 2.34.